The number of hydrogen-bond donors (Lipinski definition) is 0. The Morgan fingerprint density at radius 3 is 2.67 bits per heavy atom. The van der Waals surface area contributed by atoms with E-state index < -0.39 is 0 Å². The number of methoxy groups -OCH3 is 1. The van der Waals surface area contributed by atoms with E-state index in [1.165, 1.54) is 12.8 Å². The van der Waals surface area contributed by atoms with Gasteiger partial charge in [-0.05, 0) is 55.5 Å². The lowest BCUT2D eigenvalue weighted by Crippen LogP contribution is -2.11. The van der Waals surface area contributed by atoms with Gasteiger partial charge >= 0.3 is 0 Å². The zero-order valence-corrected chi connectivity index (χ0v) is 13.7. The lowest BCUT2D eigenvalue weighted by atomic mass is 10.1. The second kappa shape index (κ2) is 6.48. The SMILES string of the molecule is COc1ccc(-c2cnc3ccncc3c2)cc1OC1CCCC1. The Labute approximate surface area is 141 Å². The van der Waals surface area contributed by atoms with Crippen molar-refractivity contribution in [1.29, 1.82) is 0 Å². The van der Waals surface area contributed by atoms with E-state index in [4.69, 9.17) is 9.47 Å². The molecule has 0 radical (unpaired) electrons. The molecule has 0 spiro atoms. The number of ether oxygens (including phenoxy) is 2. The third kappa shape index (κ3) is 2.92. The number of aromatic nitrogens is 2. The van der Waals surface area contributed by atoms with Gasteiger partial charge in [0.2, 0.25) is 0 Å². The Morgan fingerprint density at radius 1 is 0.958 bits per heavy atom. The zero-order chi connectivity index (χ0) is 16.4. The highest BCUT2D eigenvalue weighted by Gasteiger charge is 2.19. The van der Waals surface area contributed by atoms with Crippen LogP contribution in [0.25, 0.3) is 22.0 Å². The van der Waals surface area contributed by atoms with E-state index in [1.54, 1.807) is 13.3 Å². The third-order valence-corrected chi connectivity index (χ3v) is 4.57. The van der Waals surface area contributed by atoms with E-state index in [0.717, 1.165) is 46.4 Å². The molecule has 3 aromatic rings. The Morgan fingerprint density at radius 2 is 1.83 bits per heavy atom. The molecular formula is C20H20N2O2. The molecule has 1 saturated carbocycles. The van der Waals surface area contributed by atoms with Crippen LogP contribution in [0.5, 0.6) is 11.5 Å². The molecule has 0 atom stereocenters. The molecule has 4 nitrogen and oxygen atoms in total. The van der Waals surface area contributed by atoms with Crippen molar-refractivity contribution < 1.29 is 9.47 Å². The van der Waals surface area contributed by atoms with Gasteiger partial charge in [-0.15, -0.1) is 0 Å². The van der Waals surface area contributed by atoms with Gasteiger partial charge in [-0.3, -0.25) is 9.97 Å². The first kappa shape index (κ1) is 14.9. The maximum absolute atomic E-state index is 6.19. The van der Waals surface area contributed by atoms with Gasteiger partial charge in [0.15, 0.2) is 11.5 Å². The zero-order valence-electron chi connectivity index (χ0n) is 13.7. The largest absolute Gasteiger partial charge is 0.493 e. The number of pyridine rings is 2. The average molecular weight is 320 g/mol. The molecule has 0 unspecified atom stereocenters. The molecule has 4 heteroatoms. The minimum atomic E-state index is 0.299. The molecule has 2 heterocycles. The molecule has 0 amide bonds. The van der Waals surface area contributed by atoms with E-state index in [-0.39, 0.29) is 0 Å². The van der Waals surface area contributed by atoms with Crippen LogP contribution >= 0.6 is 0 Å². The van der Waals surface area contributed by atoms with Gasteiger partial charge in [-0.1, -0.05) is 6.07 Å². The first-order chi connectivity index (χ1) is 11.8. The summed E-state index contributed by atoms with van der Waals surface area (Å²) < 4.78 is 11.7. The van der Waals surface area contributed by atoms with Gasteiger partial charge in [0.05, 0.1) is 18.7 Å². The van der Waals surface area contributed by atoms with Crippen molar-refractivity contribution in [2.24, 2.45) is 0 Å². The minimum Gasteiger partial charge on any atom is -0.493 e. The van der Waals surface area contributed by atoms with Crippen molar-refractivity contribution in [3.63, 3.8) is 0 Å². The fourth-order valence-electron chi connectivity index (χ4n) is 3.26. The van der Waals surface area contributed by atoms with Gasteiger partial charge < -0.3 is 9.47 Å². The molecule has 0 bridgehead atoms. The lowest BCUT2D eigenvalue weighted by Gasteiger charge is -2.17. The van der Waals surface area contributed by atoms with Crippen molar-refractivity contribution in [1.82, 2.24) is 9.97 Å². The summed E-state index contributed by atoms with van der Waals surface area (Å²) in [6.45, 7) is 0. The quantitative estimate of drug-likeness (QED) is 0.703. The molecule has 1 fully saturated rings. The molecule has 24 heavy (non-hydrogen) atoms. The van der Waals surface area contributed by atoms with Crippen LogP contribution in [0, 0.1) is 0 Å². The van der Waals surface area contributed by atoms with Gasteiger partial charge in [-0.25, -0.2) is 0 Å². The van der Waals surface area contributed by atoms with Gasteiger partial charge in [0.1, 0.15) is 0 Å². The fraction of sp³-hybridized carbons (Fsp3) is 0.300. The van der Waals surface area contributed by atoms with E-state index in [0.29, 0.717) is 6.10 Å². The van der Waals surface area contributed by atoms with Crippen LogP contribution in [-0.4, -0.2) is 23.2 Å². The number of hydrogen-bond acceptors (Lipinski definition) is 4. The lowest BCUT2D eigenvalue weighted by molar-refractivity contribution is 0.201. The molecule has 1 aromatic carbocycles. The predicted octanol–water partition coefficient (Wildman–Crippen LogP) is 4.63. The van der Waals surface area contributed by atoms with Crippen molar-refractivity contribution in [2.45, 2.75) is 31.8 Å². The van der Waals surface area contributed by atoms with Crippen LogP contribution in [0.15, 0.2) is 48.9 Å². The predicted molar refractivity (Wildman–Crippen MR) is 94.4 cm³/mol. The summed E-state index contributed by atoms with van der Waals surface area (Å²) >= 11 is 0. The molecule has 0 N–H and O–H groups in total. The Hall–Kier alpha value is -2.62. The maximum Gasteiger partial charge on any atom is 0.162 e. The number of fused-ring (bicyclic) bond motifs is 1. The van der Waals surface area contributed by atoms with Crippen molar-refractivity contribution >= 4 is 10.9 Å². The first-order valence-corrected chi connectivity index (χ1v) is 8.38. The molecule has 0 saturated heterocycles. The van der Waals surface area contributed by atoms with Crippen molar-refractivity contribution in [3.8, 4) is 22.6 Å². The summed E-state index contributed by atoms with van der Waals surface area (Å²) in [5, 5.41) is 1.03. The maximum atomic E-state index is 6.19. The van der Waals surface area contributed by atoms with Crippen LogP contribution in [0.2, 0.25) is 0 Å². The number of nitrogens with zero attached hydrogens (tertiary/aromatic N) is 2. The van der Waals surface area contributed by atoms with E-state index in [2.05, 4.69) is 22.1 Å². The molecule has 2 aromatic heterocycles. The number of benzene rings is 1. The summed E-state index contributed by atoms with van der Waals surface area (Å²) in [4.78, 5) is 8.70. The normalized spacial score (nSPS) is 14.9. The van der Waals surface area contributed by atoms with Crippen LogP contribution < -0.4 is 9.47 Å². The summed E-state index contributed by atoms with van der Waals surface area (Å²) in [5.41, 5.74) is 3.07. The van der Waals surface area contributed by atoms with E-state index in [1.807, 2.05) is 30.6 Å². The molecular weight excluding hydrogens is 300 g/mol. The van der Waals surface area contributed by atoms with Gasteiger partial charge in [0, 0.05) is 29.5 Å². The third-order valence-electron chi connectivity index (χ3n) is 4.57. The van der Waals surface area contributed by atoms with Crippen LogP contribution in [-0.2, 0) is 0 Å². The summed E-state index contributed by atoms with van der Waals surface area (Å²) in [7, 11) is 1.68. The summed E-state index contributed by atoms with van der Waals surface area (Å²) in [5.74, 6) is 1.59. The fourth-order valence-corrected chi connectivity index (χ4v) is 3.26. The van der Waals surface area contributed by atoms with Gasteiger partial charge in [-0.2, -0.15) is 0 Å². The Kier molecular flexibility index (Phi) is 4.03. The summed E-state index contributed by atoms with van der Waals surface area (Å²) in [6.07, 6.45) is 10.5. The van der Waals surface area contributed by atoms with Crippen LogP contribution in [0.1, 0.15) is 25.7 Å². The van der Waals surface area contributed by atoms with Crippen LogP contribution in [0.3, 0.4) is 0 Å². The van der Waals surface area contributed by atoms with E-state index in [9.17, 15) is 0 Å². The Balaban J connectivity index is 1.70. The topological polar surface area (TPSA) is 44.2 Å². The minimum absolute atomic E-state index is 0.299. The molecule has 122 valence electrons. The van der Waals surface area contributed by atoms with E-state index >= 15 is 0 Å². The highest BCUT2D eigenvalue weighted by atomic mass is 16.5. The monoisotopic (exact) mass is 320 g/mol. The molecule has 4 rings (SSSR count). The summed E-state index contributed by atoms with van der Waals surface area (Å²) in [6, 6.07) is 10.1. The van der Waals surface area contributed by atoms with Crippen molar-refractivity contribution in [3.05, 3.63) is 48.9 Å². The smallest absolute Gasteiger partial charge is 0.162 e. The Bertz CT molecular complexity index is 857. The van der Waals surface area contributed by atoms with Crippen LogP contribution in [0.4, 0.5) is 0 Å². The van der Waals surface area contributed by atoms with Crippen molar-refractivity contribution in [2.75, 3.05) is 7.11 Å². The second-order valence-corrected chi connectivity index (χ2v) is 6.18. The number of rotatable bonds is 4. The molecule has 0 aliphatic heterocycles. The second-order valence-electron chi connectivity index (χ2n) is 6.18. The van der Waals surface area contributed by atoms with Gasteiger partial charge in [0.25, 0.3) is 0 Å². The highest BCUT2D eigenvalue weighted by Crippen LogP contribution is 2.35. The molecule has 1 aliphatic rings. The first-order valence-electron chi connectivity index (χ1n) is 8.38. The standard InChI is InChI=1S/C20H20N2O2/c1-23-19-7-6-14(11-20(19)24-17-4-2-3-5-17)15-10-16-12-21-9-8-18(16)22-13-15/h6-13,17H,2-5H2,1H3. The average Bonchev–Trinajstić information content (AvgIpc) is 3.14. The highest BCUT2D eigenvalue weighted by molar-refractivity contribution is 5.83. The molecule has 1 aliphatic carbocycles.